The Balaban J connectivity index is 1.76. The van der Waals surface area contributed by atoms with E-state index in [4.69, 9.17) is 4.52 Å². The summed E-state index contributed by atoms with van der Waals surface area (Å²) in [5.41, 5.74) is 1.31. The van der Waals surface area contributed by atoms with Gasteiger partial charge in [-0.05, 0) is 17.9 Å². The molecule has 5 heteroatoms. The second-order valence-corrected chi connectivity index (χ2v) is 5.54. The van der Waals surface area contributed by atoms with Gasteiger partial charge in [0.05, 0.1) is 0 Å². The summed E-state index contributed by atoms with van der Waals surface area (Å²) in [6.45, 7) is 2.89. The maximum absolute atomic E-state index is 11.9. The number of thiophene rings is 1. The molecule has 0 unspecified atom stereocenters. The summed E-state index contributed by atoms with van der Waals surface area (Å²) >= 11 is 1.59. The summed E-state index contributed by atoms with van der Waals surface area (Å²) in [5.74, 6) is 0.477. The van der Waals surface area contributed by atoms with Gasteiger partial charge >= 0.3 is 0 Å². The fraction of sp³-hybridized carbons (Fsp3) is 0.467. The maximum Gasteiger partial charge on any atom is 0.273 e. The first kappa shape index (κ1) is 14.8. The van der Waals surface area contributed by atoms with Crippen LogP contribution < -0.4 is 5.32 Å². The zero-order valence-electron chi connectivity index (χ0n) is 11.7. The SMILES string of the molecule is CCCCCCCNC(=O)c1cc(-c2ccsc2)on1. The Labute approximate surface area is 123 Å². The summed E-state index contributed by atoms with van der Waals surface area (Å²) in [6.07, 6.45) is 5.91. The van der Waals surface area contributed by atoms with Gasteiger partial charge in [-0.1, -0.05) is 37.8 Å². The van der Waals surface area contributed by atoms with Gasteiger partial charge < -0.3 is 9.84 Å². The number of rotatable bonds is 8. The van der Waals surface area contributed by atoms with Crippen molar-refractivity contribution in [2.24, 2.45) is 0 Å². The van der Waals surface area contributed by atoms with Gasteiger partial charge in [-0.15, -0.1) is 0 Å². The maximum atomic E-state index is 11.9. The number of nitrogens with one attached hydrogen (secondary N) is 1. The van der Waals surface area contributed by atoms with Gasteiger partial charge in [0.15, 0.2) is 11.5 Å². The van der Waals surface area contributed by atoms with E-state index in [1.54, 1.807) is 17.4 Å². The van der Waals surface area contributed by atoms with Gasteiger partial charge in [-0.2, -0.15) is 11.3 Å². The van der Waals surface area contributed by atoms with E-state index in [1.165, 1.54) is 19.3 Å². The molecule has 0 saturated carbocycles. The zero-order chi connectivity index (χ0) is 14.2. The first-order valence-corrected chi connectivity index (χ1v) is 8.03. The molecule has 0 bridgehead atoms. The van der Waals surface area contributed by atoms with Crippen molar-refractivity contribution in [3.63, 3.8) is 0 Å². The molecule has 2 aromatic rings. The minimum absolute atomic E-state index is 0.161. The minimum atomic E-state index is -0.161. The standard InChI is InChI=1S/C15H20N2O2S/c1-2-3-4-5-6-8-16-15(18)13-10-14(19-17-13)12-7-9-20-11-12/h7,9-11H,2-6,8H2,1H3,(H,16,18). The van der Waals surface area contributed by atoms with E-state index in [2.05, 4.69) is 17.4 Å². The lowest BCUT2D eigenvalue weighted by Gasteiger charge is -2.02. The van der Waals surface area contributed by atoms with Crippen LogP contribution in [0.1, 0.15) is 49.5 Å². The molecule has 2 rings (SSSR count). The Morgan fingerprint density at radius 2 is 2.20 bits per heavy atom. The molecule has 0 fully saturated rings. The van der Waals surface area contributed by atoms with E-state index in [0.717, 1.165) is 18.4 Å². The molecule has 1 N–H and O–H groups in total. The lowest BCUT2D eigenvalue weighted by atomic mass is 10.1. The highest BCUT2D eigenvalue weighted by Crippen LogP contribution is 2.22. The molecule has 2 aromatic heterocycles. The zero-order valence-corrected chi connectivity index (χ0v) is 12.5. The third-order valence-corrected chi connectivity index (χ3v) is 3.80. The average molecular weight is 292 g/mol. The van der Waals surface area contributed by atoms with Crippen molar-refractivity contribution in [3.05, 3.63) is 28.6 Å². The van der Waals surface area contributed by atoms with Gasteiger partial charge in [-0.3, -0.25) is 4.79 Å². The monoisotopic (exact) mass is 292 g/mol. The largest absolute Gasteiger partial charge is 0.355 e. The highest BCUT2D eigenvalue weighted by Gasteiger charge is 2.13. The Kier molecular flexibility index (Phi) is 5.80. The van der Waals surface area contributed by atoms with Gasteiger partial charge in [0.1, 0.15) is 0 Å². The molecular formula is C15H20N2O2S. The van der Waals surface area contributed by atoms with Crippen LogP contribution in [0.25, 0.3) is 11.3 Å². The third kappa shape index (κ3) is 4.20. The van der Waals surface area contributed by atoms with Crippen LogP contribution in [0.2, 0.25) is 0 Å². The van der Waals surface area contributed by atoms with E-state index in [0.29, 0.717) is 18.0 Å². The average Bonchev–Trinajstić information content (AvgIpc) is 3.12. The van der Waals surface area contributed by atoms with Crippen molar-refractivity contribution in [1.29, 1.82) is 0 Å². The van der Waals surface area contributed by atoms with Crippen LogP contribution in [-0.4, -0.2) is 17.6 Å². The Hall–Kier alpha value is -1.62. The quantitative estimate of drug-likeness (QED) is 0.745. The normalized spacial score (nSPS) is 10.7. The predicted molar refractivity (Wildman–Crippen MR) is 80.9 cm³/mol. The van der Waals surface area contributed by atoms with Gasteiger partial charge in [0, 0.05) is 23.6 Å². The van der Waals surface area contributed by atoms with Crippen LogP contribution in [0.4, 0.5) is 0 Å². The first-order chi connectivity index (χ1) is 9.81. The molecule has 0 atom stereocenters. The second-order valence-electron chi connectivity index (χ2n) is 4.76. The molecule has 0 aliphatic heterocycles. The topological polar surface area (TPSA) is 55.1 Å². The molecule has 0 radical (unpaired) electrons. The highest BCUT2D eigenvalue weighted by atomic mass is 32.1. The Bertz CT molecular complexity index is 520. The second kappa shape index (κ2) is 7.85. The molecule has 0 spiro atoms. The van der Waals surface area contributed by atoms with Crippen molar-refractivity contribution in [1.82, 2.24) is 10.5 Å². The van der Waals surface area contributed by atoms with Gasteiger partial charge in [0.25, 0.3) is 5.91 Å². The number of carbonyl (C=O) groups is 1. The van der Waals surface area contributed by atoms with E-state index >= 15 is 0 Å². The van der Waals surface area contributed by atoms with Crippen molar-refractivity contribution < 1.29 is 9.32 Å². The van der Waals surface area contributed by atoms with Crippen LogP contribution in [0.15, 0.2) is 27.4 Å². The summed E-state index contributed by atoms with van der Waals surface area (Å²) in [7, 11) is 0. The van der Waals surface area contributed by atoms with Crippen LogP contribution in [0, 0.1) is 0 Å². The first-order valence-electron chi connectivity index (χ1n) is 7.08. The third-order valence-electron chi connectivity index (χ3n) is 3.11. The number of nitrogens with zero attached hydrogens (tertiary/aromatic N) is 1. The number of hydrogen-bond acceptors (Lipinski definition) is 4. The van der Waals surface area contributed by atoms with Crippen molar-refractivity contribution in [3.8, 4) is 11.3 Å². The molecule has 20 heavy (non-hydrogen) atoms. The summed E-state index contributed by atoms with van der Waals surface area (Å²) in [5, 5.41) is 10.6. The van der Waals surface area contributed by atoms with E-state index in [1.807, 2.05) is 16.8 Å². The number of hydrogen-bond donors (Lipinski definition) is 1. The molecule has 2 heterocycles. The van der Waals surface area contributed by atoms with Crippen LogP contribution in [0.5, 0.6) is 0 Å². The van der Waals surface area contributed by atoms with Gasteiger partial charge in [0.2, 0.25) is 0 Å². The summed E-state index contributed by atoms with van der Waals surface area (Å²) < 4.78 is 5.19. The Morgan fingerprint density at radius 3 is 2.95 bits per heavy atom. The lowest BCUT2D eigenvalue weighted by Crippen LogP contribution is -2.24. The molecule has 108 valence electrons. The fourth-order valence-electron chi connectivity index (χ4n) is 1.94. The molecule has 1 amide bonds. The van der Waals surface area contributed by atoms with Crippen LogP contribution >= 0.6 is 11.3 Å². The number of aromatic nitrogens is 1. The van der Waals surface area contributed by atoms with E-state index in [-0.39, 0.29) is 5.91 Å². The van der Waals surface area contributed by atoms with Crippen molar-refractivity contribution >= 4 is 17.2 Å². The number of amides is 1. The molecule has 0 aromatic carbocycles. The van der Waals surface area contributed by atoms with Gasteiger partial charge in [-0.25, -0.2) is 0 Å². The smallest absolute Gasteiger partial charge is 0.273 e. The highest BCUT2D eigenvalue weighted by molar-refractivity contribution is 7.08. The summed E-state index contributed by atoms with van der Waals surface area (Å²) in [6, 6.07) is 3.63. The number of carbonyl (C=O) groups excluding carboxylic acids is 1. The van der Waals surface area contributed by atoms with Crippen LogP contribution in [-0.2, 0) is 0 Å². The van der Waals surface area contributed by atoms with Crippen molar-refractivity contribution in [2.45, 2.75) is 39.0 Å². The van der Waals surface area contributed by atoms with E-state index in [9.17, 15) is 4.79 Å². The minimum Gasteiger partial charge on any atom is -0.355 e. The Morgan fingerprint density at radius 1 is 1.35 bits per heavy atom. The van der Waals surface area contributed by atoms with E-state index < -0.39 is 0 Å². The molecule has 0 aliphatic rings. The van der Waals surface area contributed by atoms with Crippen LogP contribution in [0.3, 0.4) is 0 Å². The molecule has 4 nitrogen and oxygen atoms in total. The predicted octanol–water partition coefficient (Wildman–Crippen LogP) is 4.10. The summed E-state index contributed by atoms with van der Waals surface area (Å²) in [4.78, 5) is 11.9. The molecule has 0 saturated heterocycles. The van der Waals surface area contributed by atoms with Crippen molar-refractivity contribution in [2.75, 3.05) is 6.54 Å². The number of unbranched alkanes of at least 4 members (excludes halogenated alkanes) is 4. The molecule has 0 aliphatic carbocycles. The molecular weight excluding hydrogens is 272 g/mol. The lowest BCUT2D eigenvalue weighted by molar-refractivity contribution is 0.0944. The fourth-order valence-corrected chi connectivity index (χ4v) is 2.59.